The number of nitrogens with zero attached hydrogens (tertiary/aromatic N) is 9. The molecule has 3 N–H and O–H groups in total. The molecule has 4 aromatic carbocycles. The van der Waals surface area contributed by atoms with Gasteiger partial charge in [-0.1, -0.05) is 84.9 Å². The van der Waals surface area contributed by atoms with Crippen LogP contribution in [0, 0.1) is 17.5 Å². The number of aryl methyl sites for hydroxylation is 3. The smallest absolute Gasteiger partial charge is 0.290 e. The van der Waals surface area contributed by atoms with Crippen LogP contribution < -0.4 is 32.6 Å². The van der Waals surface area contributed by atoms with E-state index in [4.69, 9.17) is 0 Å². The van der Waals surface area contributed by atoms with Crippen LogP contribution in [0.3, 0.4) is 0 Å². The Labute approximate surface area is 416 Å². The number of hydrogen-bond donors (Lipinski definition) is 3. The summed E-state index contributed by atoms with van der Waals surface area (Å²) >= 11 is 0. The predicted octanol–water partition coefficient (Wildman–Crippen LogP) is 10.8. The van der Waals surface area contributed by atoms with Crippen LogP contribution in [0.15, 0.2) is 191 Å². The maximum Gasteiger partial charge on any atom is 0.290 e. The fourth-order valence-corrected chi connectivity index (χ4v) is 7.44. The number of nitrogens with one attached hydrogen (secondary N) is 3. The molecule has 0 aliphatic rings. The maximum absolute atomic E-state index is 13.4. The highest BCUT2D eigenvalue weighted by molar-refractivity contribution is 5.94. The van der Waals surface area contributed by atoms with E-state index in [0.717, 1.165) is 62.4 Å². The average Bonchev–Trinajstić information content (AvgIpc) is 3.43. The summed E-state index contributed by atoms with van der Waals surface area (Å²) in [4.78, 5) is 49.8. The van der Waals surface area contributed by atoms with E-state index in [1.54, 1.807) is 50.0 Å². The van der Waals surface area contributed by atoms with Crippen molar-refractivity contribution in [3.8, 4) is 33.8 Å². The first-order chi connectivity index (χ1) is 35.5. The fraction of sp³-hybridized carbons (Fsp3) is 0.109. The molecular formula is C55H47F3N12O3. The van der Waals surface area contributed by atoms with Gasteiger partial charge in [-0.25, -0.2) is 27.2 Å². The minimum absolute atomic E-state index is 0.0682. The quantitative estimate of drug-likeness (QED) is 0.0988. The van der Waals surface area contributed by atoms with Crippen molar-refractivity contribution < 1.29 is 13.2 Å². The van der Waals surface area contributed by atoms with Crippen LogP contribution >= 0.6 is 0 Å². The van der Waals surface area contributed by atoms with E-state index in [9.17, 15) is 27.6 Å². The number of aromatic nitrogens is 9. The van der Waals surface area contributed by atoms with Gasteiger partial charge in [-0.2, -0.15) is 15.3 Å². The summed E-state index contributed by atoms with van der Waals surface area (Å²) in [5.41, 5.74) is 6.41. The van der Waals surface area contributed by atoms with Crippen molar-refractivity contribution >= 4 is 44.9 Å². The van der Waals surface area contributed by atoms with Gasteiger partial charge in [0.05, 0.1) is 40.9 Å². The Hall–Kier alpha value is -9.58. The Bertz CT molecular complexity index is 3650. The Balaban J connectivity index is 0.000000147. The lowest BCUT2D eigenvalue weighted by atomic mass is 10.1. The molecule has 0 atom stereocenters. The Morgan fingerprint density at radius 2 is 0.890 bits per heavy atom. The summed E-state index contributed by atoms with van der Waals surface area (Å²) in [6, 6.07) is 41.0. The first-order valence-corrected chi connectivity index (χ1v) is 23.1. The van der Waals surface area contributed by atoms with E-state index in [1.165, 1.54) is 20.1 Å². The molecule has 18 heteroatoms. The maximum atomic E-state index is 13.4. The van der Waals surface area contributed by atoms with Crippen molar-refractivity contribution in [1.82, 2.24) is 44.3 Å². The molecule has 0 aliphatic heterocycles. The third kappa shape index (κ3) is 12.1. The second kappa shape index (κ2) is 23.4. The standard InChI is InChI=1S/C21H18N4O.C18H14F3N3O.C16H15N5O/c1-2-25-21(26)19(12-18(24-25)15-8-4-3-5-9-15)23-20-14-22-13-16-10-6-7-11-17(16)20;1-2-24-18(25)16(10-15(23-24)11-6-4-3-5-7-11)22-12-8-13(19)17(21)14(20)9-12;1-2-21-16(22)15(19-13-4-3-7-18-11-13)10-14(20-21)12-5-8-17-9-6-12/h3-14,23H,2H2,1H3;3-10,22H,2H2,1H3;3-11,19H,2H2,1H3. The highest BCUT2D eigenvalue weighted by atomic mass is 19.2. The van der Waals surface area contributed by atoms with E-state index in [0.29, 0.717) is 36.7 Å². The van der Waals surface area contributed by atoms with Gasteiger partial charge in [-0.15, -0.1) is 0 Å². The van der Waals surface area contributed by atoms with E-state index >= 15 is 0 Å². The van der Waals surface area contributed by atoms with Crippen molar-refractivity contribution in [2.45, 2.75) is 40.4 Å². The molecule has 0 radical (unpaired) electrons. The Kier molecular flexibility index (Phi) is 15.9. The lowest BCUT2D eigenvalue weighted by molar-refractivity contribution is 0.448. The Morgan fingerprint density at radius 3 is 1.38 bits per heavy atom. The van der Waals surface area contributed by atoms with E-state index in [1.807, 2.05) is 129 Å². The molecular weight excluding hydrogens is 934 g/mol. The largest absolute Gasteiger partial charge is 0.351 e. The highest BCUT2D eigenvalue weighted by Gasteiger charge is 2.15. The summed E-state index contributed by atoms with van der Waals surface area (Å²) in [6.07, 6.45) is 10.3. The van der Waals surface area contributed by atoms with Crippen molar-refractivity contribution in [2.24, 2.45) is 0 Å². The van der Waals surface area contributed by atoms with Gasteiger partial charge < -0.3 is 16.0 Å². The van der Waals surface area contributed by atoms with Gasteiger partial charge in [0.25, 0.3) is 16.7 Å². The van der Waals surface area contributed by atoms with Gasteiger partial charge in [0, 0.05) is 89.7 Å². The minimum Gasteiger partial charge on any atom is -0.351 e. The normalized spacial score (nSPS) is 10.7. The van der Waals surface area contributed by atoms with Gasteiger partial charge in [0.15, 0.2) is 17.5 Å². The van der Waals surface area contributed by atoms with Crippen LogP contribution in [0.4, 0.5) is 47.3 Å². The number of halogens is 3. The summed E-state index contributed by atoms with van der Waals surface area (Å²) in [7, 11) is 0. The second-order valence-electron chi connectivity index (χ2n) is 15.9. The molecule has 10 rings (SSSR count). The van der Waals surface area contributed by atoms with Gasteiger partial charge in [-0.05, 0) is 63.2 Å². The number of fused-ring (bicyclic) bond motifs is 1. The third-order valence-electron chi connectivity index (χ3n) is 11.1. The lowest BCUT2D eigenvalue weighted by Crippen LogP contribution is -2.24. The molecule has 0 bridgehead atoms. The number of benzene rings is 4. The van der Waals surface area contributed by atoms with Crippen molar-refractivity contribution in [2.75, 3.05) is 16.0 Å². The monoisotopic (exact) mass is 980 g/mol. The molecule has 366 valence electrons. The number of anilines is 6. The highest BCUT2D eigenvalue weighted by Crippen LogP contribution is 2.27. The fourth-order valence-electron chi connectivity index (χ4n) is 7.44. The van der Waals surface area contributed by atoms with Gasteiger partial charge in [0.2, 0.25) is 0 Å². The van der Waals surface area contributed by atoms with Crippen LogP contribution in [0.25, 0.3) is 44.5 Å². The topological polar surface area (TPSA) is 179 Å². The number of pyridine rings is 3. The molecule has 6 heterocycles. The van der Waals surface area contributed by atoms with Crippen LogP contribution in [0.1, 0.15) is 20.8 Å². The van der Waals surface area contributed by atoms with Crippen molar-refractivity contribution in [3.05, 3.63) is 225 Å². The third-order valence-corrected chi connectivity index (χ3v) is 11.1. The zero-order valence-corrected chi connectivity index (χ0v) is 39.7. The van der Waals surface area contributed by atoms with Crippen LogP contribution in [-0.2, 0) is 19.6 Å². The van der Waals surface area contributed by atoms with Crippen LogP contribution in [0.2, 0.25) is 0 Å². The van der Waals surface area contributed by atoms with E-state index in [-0.39, 0.29) is 22.5 Å². The summed E-state index contributed by atoms with van der Waals surface area (Å²) in [6.45, 7) is 6.87. The van der Waals surface area contributed by atoms with Gasteiger partial charge >= 0.3 is 0 Å². The minimum atomic E-state index is -1.56. The molecule has 15 nitrogen and oxygen atoms in total. The molecule has 10 aromatic rings. The molecule has 6 aromatic heterocycles. The van der Waals surface area contributed by atoms with Crippen LogP contribution in [-0.4, -0.2) is 44.3 Å². The molecule has 73 heavy (non-hydrogen) atoms. The first-order valence-electron chi connectivity index (χ1n) is 23.1. The molecule has 0 unspecified atom stereocenters. The van der Waals surface area contributed by atoms with E-state index in [2.05, 4.69) is 46.2 Å². The SMILES string of the molecule is CCn1nc(-c2ccccc2)cc(Nc2cc(F)c(F)c(F)c2)c1=O.CCn1nc(-c2ccccc2)cc(Nc2cncc3ccccc23)c1=O.CCn1nc(-c2ccncc2)cc(Nc2cccnc2)c1=O. The van der Waals surface area contributed by atoms with Crippen molar-refractivity contribution in [1.29, 1.82) is 0 Å². The van der Waals surface area contributed by atoms with Crippen LogP contribution in [0.5, 0.6) is 0 Å². The Morgan fingerprint density at radius 1 is 0.425 bits per heavy atom. The van der Waals surface area contributed by atoms with Crippen molar-refractivity contribution in [3.63, 3.8) is 0 Å². The molecule has 0 saturated heterocycles. The number of rotatable bonds is 12. The second-order valence-corrected chi connectivity index (χ2v) is 15.9. The summed E-state index contributed by atoms with van der Waals surface area (Å²) < 4.78 is 44.0. The molecule has 0 aliphatic carbocycles. The average molecular weight is 981 g/mol. The molecule has 0 amide bonds. The van der Waals surface area contributed by atoms with Gasteiger partial charge in [-0.3, -0.25) is 29.3 Å². The first kappa shape index (κ1) is 49.8. The van der Waals surface area contributed by atoms with Gasteiger partial charge in [0.1, 0.15) is 17.1 Å². The lowest BCUT2D eigenvalue weighted by Gasteiger charge is -2.12. The predicted molar refractivity (Wildman–Crippen MR) is 279 cm³/mol. The molecule has 0 fully saturated rings. The summed E-state index contributed by atoms with van der Waals surface area (Å²) in [5.74, 6) is -4.23. The zero-order chi connectivity index (χ0) is 51.3. The number of hydrogen-bond acceptors (Lipinski definition) is 12. The summed E-state index contributed by atoms with van der Waals surface area (Å²) in [5, 5.41) is 24.2. The van der Waals surface area contributed by atoms with E-state index < -0.39 is 23.0 Å². The molecule has 0 saturated carbocycles. The molecule has 0 spiro atoms. The zero-order valence-electron chi connectivity index (χ0n) is 39.7.